The standard InChI is InChI=1S/C11H12F3NO/c12-11(13,14)9-3-1-2-8(6-9)4-5-10(16)7-15/h1-3,6H,4-5,7,15H2. The summed E-state index contributed by atoms with van der Waals surface area (Å²) in [5.41, 5.74) is 4.91. The van der Waals surface area contributed by atoms with Gasteiger partial charge in [0, 0.05) is 6.42 Å². The molecule has 0 unspecified atom stereocenters. The molecule has 0 aromatic heterocycles. The Labute approximate surface area is 91.3 Å². The van der Waals surface area contributed by atoms with Gasteiger partial charge in [-0.25, -0.2) is 0 Å². The van der Waals surface area contributed by atoms with Crippen LogP contribution in [0.1, 0.15) is 17.5 Å². The number of aryl methyl sites for hydroxylation is 1. The van der Waals surface area contributed by atoms with E-state index in [1.807, 2.05) is 0 Å². The van der Waals surface area contributed by atoms with Crippen molar-refractivity contribution in [3.8, 4) is 0 Å². The number of ketones is 1. The molecule has 16 heavy (non-hydrogen) atoms. The number of hydrogen-bond donors (Lipinski definition) is 1. The summed E-state index contributed by atoms with van der Waals surface area (Å²) in [5, 5.41) is 0. The van der Waals surface area contributed by atoms with Gasteiger partial charge >= 0.3 is 6.18 Å². The Hall–Kier alpha value is -1.36. The molecule has 0 atom stereocenters. The van der Waals surface area contributed by atoms with E-state index in [1.165, 1.54) is 6.07 Å². The zero-order valence-electron chi connectivity index (χ0n) is 8.55. The topological polar surface area (TPSA) is 43.1 Å². The lowest BCUT2D eigenvalue weighted by molar-refractivity contribution is -0.137. The van der Waals surface area contributed by atoms with Gasteiger partial charge in [0.05, 0.1) is 12.1 Å². The molecule has 0 fully saturated rings. The highest BCUT2D eigenvalue weighted by Gasteiger charge is 2.30. The Morgan fingerprint density at radius 1 is 1.31 bits per heavy atom. The van der Waals surface area contributed by atoms with Crippen molar-refractivity contribution in [2.24, 2.45) is 5.73 Å². The van der Waals surface area contributed by atoms with Crippen LogP contribution < -0.4 is 5.73 Å². The first kappa shape index (κ1) is 12.7. The van der Waals surface area contributed by atoms with Crippen molar-refractivity contribution >= 4 is 5.78 Å². The molecule has 1 aromatic carbocycles. The summed E-state index contributed by atoms with van der Waals surface area (Å²) in [6.07, 6.45) is -3.87. The van der Waals surface area contributed by atoms with Gasteiger partial charge in [0.15, 0.2) is 0 Å². The van der Waals surface area contributed by atoms with Crippen LogP contribution in [0.5, 0.6) is 0 Å². The van der Waals surface area contributed by atoms with E-state index in [-0.39, 0.29) is 18.7 Å². The van der Waals surface area contributed by atoms with Gasteiger partial charge in [0.2, 0.25) is 0 Å². The lowest BCUT2D eigenvalue weighted by atomic mass is 10.0. The van der Waals surface area contributed by atoms with Crippen molar-refractivity contribution in [1.82, 2.24) is 0 Å². The van der Waals surface area contributed by atoms with Crippen LogP contribution in [0.15, 0.2) is 24.3 Å². The number of alkyl halides is 3. The molecule has 2 N–H and O–H groups in total. The van der Waals surface area contributed by atoms with E-state index in [0.29, 0.717) is 12.0 Å². The largest absolute Gasteiger partial charge is 0.416 e. The number of carbonyl (C=O) groups is 1. The summed E-state index contributed by atoms with van der Waals surface area (Å²) in [4.78, 5) is 10.9. The number of halogens is 3. The highest BCUT2D eigenvalue weighted by molar-refractivity contribution is 5.80. The molecule has 0 aliphatic carbocycles. The zero-order chi connectivity index (χ0) is 12.2. The Bertz CT molecular complexity index is 374. The van der Waals surface area contributed by atoms with Crippen molar-refractivity contribution in [2.45, 2.75) is 19.0 Å². The predicted octanol–water partition coefficient (Wildman–Crippen LogP) is 2.17. The number of carbonyl (C=O) groups excluding carboxylic acids is 1. The molecule has 0 saturated heterocycles. The number of Topliss-reactive ketones (excluding diaryl/α,β-unsaturated/α-hetero) is 1. The second-order valence-electron chi connectivity index (χ2n) is 3.44. The number of hydrogen-bond acceptors (Lipinski definition) is 2. The number of benzene rings is 1. The maximum Gasteiger partial charge on any atom is 0.416 e. The average Bonchev–Trinajstić information content (AvgIpc) is 2.25. The van der Waals surface area contributed by atoms with Gasteiger partial charge < -0.3 is 5.73 Å². The molecule has 0 aliphatic rings. The Morgan fingerprint density at radius 3 is 2.56 bits per heavy atom. The molecule has 0 radical (unpaired) electrons. The monoisotopic (exact) mass is 231 g/mol. The minimum Gasteiger partial charge on any atom is -0.324 e. The zero-order valence-corrected chi connectivity index (χ0v) is 8.55. The van der Waals surface area contributed by atoms with E-state index in [2.05, 4.69) is 0 Å². The minimum absolute atomic E-state index is 0.0705. The summed E-state index contributed by atoms with van der Waals surface area (Å²) in [7, 11) is 0. The maximum atomic E-state index is 12.3. The lowest BCUT2D eigenvalue weighted by Gasteiger charge is -2.08. The van der Waals surface area contributed by atoms with E-state index < -0.39 is 11.7 Å². The van der Waals surface area contributed by atoms with Crippen LogP contribution >= 0.6 is 0 Å². The second kappa shape index (κ2) is 5.12. The lowest BCUT2D eigenvalue weighted by Crippen LogP contribution is -2.14. The van der Waals surface area contributed by atoms with Crippen LogP contribution in [0.3, 0.4) is 0 Å². The molecule has 0 spiro atoms. The average molecular weight is 231 g/mol. The first-order chi connectivity index (χ1) is 7.43. The molecule has 1 rings (SSSR count). The Balaban J connectivity index is 2.72. The maximum absolute atomic E-state index is 12.3. The van der Waals surface area contributed by atoms with E-state index in [9.17, 15) is 18.0 Å². The molecule has 0 bridgehead atoms. The molecule has 0 heterocycles. The number of rotatable bonds is 4. The molecule has 0 aliphatic heterocycles. The third-order valence-electron chi connectivity index (χ3n) is 2.17. The van der Waals surface area contributed by atoms with Crippen molar-refractivity contribution in [3.05, 3.63) is 35.4 Å². The Kier molecular flexibility index (Phi) is 4.06. The normalized spacial score (nSPS) is 11.5. The first-order valence-corrected chi connectivity index (χ1v) is 4.81. The third-order valence-corrected chi connectivity index (χ3v) is 2.17. The molecule has 0 amide bonds. The predicted molar refractivity (Wildman–Crippen MR) is 53.8 cm³/mol. The van der Waals surface area contributed by atoms with E-state index in [0.717, 1.165) is 12.1 Å². The molecule has 0 saturated carbocycles. The molecular weight excluding hydrogens is 219 g/mol. The molecule has 2 nitrogen and oxygen atoms in total. The van der Waals surface area contributed by atoms with Gasteiger partial charge in [-0.15, -0.1) is 0 Å². The summed E-state index contributed by atoms with van der Waals surface area (Å²) in [6.45, 7) is -0.0705. The van der Waals surface area contributed by atoms with Crippen molar-refractivity contribution < 1.29 is 18.0 Å². The van der Waals surface area contributed by atoms with Crippen LogP contribution in [0.4, 0.5) is 13.2 Å². The summed E-state index contributed by atoms with van der Waals surface area (Å²) >= 11 is 0. The van der Waals surface area contributed by atoms with Gasteiger partial charge in [-0.2, -0.15) is 13.2 Å². The van der Waals surface area contributed by atoms with Crippen LogP contribution in [-0.2, 0) is 17.4 Å². The molecule has 88 valence electrons. The van der Waals surface area contributed by atoms with Gasteiger partial charge in [-0.05, 0) is 18.1 Å². The Morgan fingerprint density at radius 2 is 2.00 bits per heavy atom. The van der Waals surface area contributed by atoms with Crippen molar-refractivity contribution in [3.63, 3.8) is 0 Å². The number of nitrogens with two attached hydrogens (primary N) is 1. The first-order valence-electron chi connectivity index (χ1n) is 4.81. The SMILES string of the molecule is NCC(=O)CCc1cccc(C(F)(F)F)c1. The summed E-state index contributed by atoms with van der Waals surface area (Å²) < 4.78 is 37.0. The highest BCUT2D eigenvalue weighted by Crippen LogP contribution is 2.29. The van der Waals surface area contributed by atoms with E-state index in [1.54, 1.807) is 6.07 Å². The molecule has 5 heteroatoms. The fraction of sp³-hybridized carbons (Fsp3) is 0.364. The van der Waals surface area contributed by atoms with Crippen molar-refractivity contribution in [2.75, 3.05) is 6.54 Å². The van der Waals surface area contributed by atoms with Gasteiger partial charge in [0.25, 0.3) is 0 Å². The van der Waals surface area contributed by atoms with Crippen molar-refractivity contribution in [1.29, 1.82) is 0 Å². The fourth-order valence-electron chi connectivity index (χ4n) is 1.29. The van der Waals surface area contributed by atoms with Gasteiger partial charge in [-0.3, -0.25) is 4.79 Å². The minimum atomic E-state index is -4.34. The smallest absolute Gasteiger partial charge is 0.324 e. The summed E-state index contributed by atoms with van der Waals surface area (Å²) in [6, 6.07) is 4.97. The molecular formula is C11H12F3NO. The van der Waals surface area contributed by atoms with E-state index >= 15 is 0 Å². The molecule has 1 aromatic rings. The second-order valence-corrected chi connectivity index (χ2v) is 3.44. The highest BCUT2D eigenvalue weighted by atomic mass is 19.4. The van der Waals surface area contributed by atoms with Crippen LogP contribution in [0.2, 0.25) is 0 Å². The van der Waals surface area contributed by atoms with Gasteiger partial charge in [0.1, 0.15) is 5.78 Å². The fourth-order valence-corrected chi connectivity index (χ4v) is 1.29. The van der Waals surface area contributed by atoms with E-state index in [4.69, 9.17) is 5.73 Å². The van der Waals surface area contributed by atoms with Gasteiger partial charge in [-0.1, -0.05) is 18.2 Å². The summed E-state index contributed by atoms with van der Waals surface area (Å²) in [5.74, 6) is -0.155. The third kappa shape index (κ3) is 3.66. The van der Waals surface area contributed by atoms with Crippen LogP contribution in [-0.4, -0.2) is 12.3 Å². The van der Waals surface area contributed by atoms with Crippen LogP contribution in [0.25, 0.3) is 0 Å². The van der Waals surface area contributed by atoms with Crippen LogP contribution in [0, 0.1) is 0 Å². The quantitative estimate of drug-likeness (QED) is 0.862.